The minimum atomic E-state index is -0.632. The van der Waals surface area contributed by atoms with Crippen LogP contribution >= 0.6 is 0 Å². The summed E-state index contributed by atoms with van der Waals surface area (Å²) in [5.74, 6) is -2.08. The number of hydrogen-bond acceptors (Lipinski definition) is 6. The summed E-state index contributed by atoms with van der Waals surface area (Å²) >= 11 is 0. The molecule has 2 aromatic rings. The number of rotatable bonds is 9. The van der Waals surface area contributed by atoms with Gasteiger partial charge in [-0.1, -0.05) is 45.0 Å². The number of anilines is 1. The first kappa shape index (κ1) is 25.6. The Morgan fingerprint density at radius 2 is 1.58 bits per heavy atom. The van der Waals surface area contributed by atoms with Crippen molar-refractivity contribution in [1.29, 1.82) is 0 Å². The molecule has 0 aliphatic carbocycles. The van der Waals surface area contributed by atoms with Gasteiger partial charge in [-0.15, -0.1) is 0 Å². The molecule has 2 amide bonds. The first-order chi connectivity index (χ1) is 15.6. The van der Waals surface area contributed by atoms with E-state index in [0.717, 1.165) is 5.56 Å². The van der Waals surface area contributed by atoms with Gasteiger partial charge in [-0.25, -0.2) is 4.79 Å². The molecule has 2 aromatic carbocycles. The van der Waals surface area contributed by atoms with Gasteiger partial charge >= 0.3 is 11.9 Å². The smallest absolute Gasteiger partial charge is 0.340 e. The van der Waals surface area contributed by atoms with Gasteiger partial charge in [0.2, 0.25) is 0 Å². The van der Waals surface area contributed by atoms with Gasteiger partial charge in [-0.2, -0.15) is 0 Å². The summed E-state index contributed by atoms with van der Waals surface area (Å²) in [7, 11) is 0. The van der Waals surface area contributed by atoms with Gasteiger partial charge in [-0.05, 0) is 42.2 Å². The van der Waals surface area contributed by atoms with E-state index >= 15 is 0 Å². The summed E-state index contributed by atoms with van der Waals surface area (Å²) in [5, 5.41) is 5.19. The predicted octanol–water partition coefficient (Wildman–Crippen LogP) is 3.46. The van der Waals surface area contributed by atoms with Crippen LogP contribution in [0.15, 0.2) is 48.5 Å². The zero-order valence-electron chi connectivity index (χ0n) is 19.4. The Balaban J connectivity index is 1.76. The number of amides is 2. The quantitative estimate of drug-likeness (QED) is 0.562. The van der Waals surface area contributed by atoms with Crippen LogP contribution in [-0.4, -0.2) is 43.5 Å². The fourth-order valence-electron chi connectivity index (χ4n) is 2.89. The molecule has 2 rings (SSSR count). The van der Waals surface area contributed by atoms with Crippen molar-refractivity contribution in [2.75, 3.05) is 25.1 Å². The van der Waals surface area contributed by atoms with E-state index in [2.05, 4.69) is 31.4 Å². The molecule has 0 atom stereocenters. The maximum Gasteiger partial charge on any atom is 0.340 e. The molecule has 33 heavy (non-hydrogen) atoms. The molecular weight excluding hydrogens is 424 g/mol. The Hall–Kier alpha value is -3.68. The first-order valence-electron chi connectivity index (χ1n) is 10.7. The van der Waals surface area contributed by atoms with Gasteiger partial charge in [0.1, 0.15) is 0 Å². The third-order valence-corrected chi connectivity index (χ3v) is 4.69. The van der Waals surface area contributed by atoms with E-state index in [4.69, 9.17) is 9.47 Å². The Labute approximate surface area is 193 Å². The van der Waals surface area contributed by atoms with Gasteiger partial charge in [0.05, 0.1) is 24.3 Å². The third-order valence-electron chi connectivity index (χ3n) is 4.69. The van der Waals surface area contributed by atoms with Crippen molar-refractivity contribution in [2.45, 2.75) is 39.5 Å². The maximum absolute atomic E-state index is 12.2. The number of carbonyl (C=O) groups is 4. The largest absolute Gasteiger partial charge is 0.462 e. The third kappa shape index (κ3) is 8.07. The highest BCUT2D eigenvalue weighted by atomic mass is 16.5. The van der Waals surface area contributed by atoms with E-state index in [0.29, 0.717) is 5.56 Å². The van der Waals surface area contributed by atoms with Gasteiger partial charge in [0.25, 0.3) is 11.8 Å². The number of ether oxygens (including phenoxy) is 2. The summed E-state index contributed by atoms with van der Waals surface area (Å²) in [4.78, 5) is 48.2. The minimum absolute atomic E-state index is 0.00799. The van der Waals surface area contributed by atoms with Crippen molar-refractivity contribution in [3.8, 4) is 0 Å². The SMILES string of the molecule is CCOC(=O)c1ccccc1NC(=O)COC(=O)CCNC(=O)c1ccc(C(C)(C)C)cc1. The Morgan fingerprint density at radius 1 is 0.909 bits per heavy atom. The van der Waals surface area contributed by atoms with Crippen LogP contribution in [0.5, 0.6) is 0 Å². The lowest BCUT2D eigenvalue weighted by Crippen LogP contribution is -2.28. The van der Waals surface area contributed by atoms with E-state index in [-0.39, 0.29) is 42.1 Å². The van der Waals surface area contributed by atoms with Crippen LogP contribution in [0.4, 0.5) is 5.69 Å². The van der Waals surface area contributed by atoms with Crippen molar-refractivity contribution >= 4 is 29.4 Å². The topological polar surface area (TPSA) is 111 Å². The highest BCUT2D eigenvalue weighted by Gasteiger charge is 2.16. The molecule has 2 N–H and O–H groups in total. The van der Waals surface area contributed by atoms with E-state index in [1.54, 1.807) is 37.3 Å². The van der Waals surface area contributed by atoms with Crippen LogP contribution in [0.2, 0.25) is 0 Å². The molecule has 0 aliphatic rings. The second-order valence-corrected chi connectivity index (χ2v) is 8.31. The normalized spacial score (nSPS) is 10.8. The number of esters is 2. The van der Waals surface area contributed by atoms with Crippen LogP contribution in [-0.2, 0) is 24.5 Å². The average Bonchev–Trinajstić information content (AvgIpc) is 2.77. The van der Waals surface area contributed by atoms with Gasteiger partial charge in [-0.3, -0.25) is 14.4 Å². The van der Waals surface area contributed by atoms with Crippen molar-refractivity contribution in [3.05, 3.63) is 65.2 Å². The molecule has 0 aromatic heterocycles. The second kappa shape index (κ2) is 11.8. The van der Waals surface area contributed by atoms with E-state index in [1.165, 1.54) is 6.07 Å². The molecule has 0 saturated heterocycles. The molecule has 176 valence electrons. The Kier molecular flexibility index (Phi) is 9.15. The fourth-order valence-corrected chi connectivity index (χ4v) is 2.89. The summed E-state index contributed by atoms with van der Waals surface area (Å²) in [6, 6.07) is 13.7. The molecule has 0 fully saturated rings. The van der Waals surface area contributed by atoms with Crippen LogP contribution in [0.3, 0.4) is 0 Å². The van der Waals surface area contributed by atoms with Gasteiger partial charge < -0.3 is 20.1 Å². The van der Waals surface area contributed by atoms with E-state index in [1.807, 2.05) is 12.1 Å². The van der Waals surface area contributed by atoms with Gasteiger partial charge in [0, 0.05) is 12.1 Å². The van der Waals surface area contributed by atoms with Crippen LogP contribution in [0.1, 0.15) is 60.4 Å². The number of para-hydroxylation sites is 1. The Bertz CT molecular complexity index is 993. The lowest BCUT2D eigenvalue weighted by atomic mass is 9.87. The molecule has 0 unspecified atom stereocenters. The lowest BCUT2D eigenvalue weighted by molar-refractivity contribution is -0.147. The predicted molar refractivity (Wildman–Crippen MR) is 124 cm³/mol. The number of benzene rings is 2. The van der Waals surface area contributed by atoms with Crippen molar-refractivity contribution in [2.24, 2.45) is 0 Å². The monoisotopic (exact) mass is 454 g/mol. The molecule has 0 radical (unpaired) electrons. The number of carbonyl (C=O) groups excluding carboxylic acids is 4. The molecule has 0 aliphatic heterocycles. The highest BCUT2D eigenvalue weighted by molar-refractivity contribution is 6.02. The van der Waals surface area contributed by atoms with Gasteiger partial charge in [0.15, 0.2) is 6.61 Å². The summed E-state index contributed by atoms with van der Waals surface area (Å²) in [6.07, 6.45) is -0.0848. The van der Waals surface area contributed by atoms with Crippen molar-refractivity contribution < 1.29 is 28.7 Å². The van der Waals surface area contributed by atoms with Crippen LogP contribution < -0.4 is 10.6 Å². The minimum Gasteiger partial charge on any atom is -0.462 e. The molecule has 0 heterocycles. The molecule has 8 nitrogen and oxygen atoms in total. The van der Waals surface area contributed by atoms with E-state index < -0.39 is 24.5 Å². The first-order valence-corrected chi connectivity index (χ1v) is 10.7. The average molecular weight is 455 g/mol. The highest BCUT2D eigenvalue weighted by Crippen LogP contribution is 2.22. The van der Waals surface area contributed by atoms with Crippen LogP contribution in [0, 0.1) is 0 Å². The fraction of sp³-hybridized carbons (Fsp3) is 0.360. The number of nitrogens with one attached hydrogen (secondary N) is 2. The second-order valence-electron chi connectivity index (χ2n) is 8.31. The Morgan fingerprint density at radius 3 is 2.21 bits per heavy atom. The molecule has 0 saturated carbocycles. The maximum atomic E-state index is 12.2. The summed E-state index contributed by atoms with van der Waals surface area (Å²) < 4.78 is 9.90. The van der Waals surface area contributed by atoms with Crippen molar-refractivity contribution in [1.82, 2.24) is 5.32 Å². The standard InChI is InChI=1S/C25H30N2O6/c1-5-32-24(31)19-8-6-7-9-20(19)27-21(28)16-33-22(29)14-15-26-23(30)17-10-12-18(13-11-17)25(2,3)4/h6-13H,5,14-16H2,1-4H3,(H,26,30)(H,27,28). The molecular formula is C25H30N2O6. The van der Waals surface area contributed by atoms with Crippen molar-refractivity contribution in [3.63, 3.8) is 0 Å². The van der Waals surface area contributed by atoms with Crippen LogP contribution in [0.25, 0.3) is 0 Å². The molecule has 8 heteroatoms. The number of hydrogen-bond donors (Lipinski definition) is 2. The summed E-state index contributed by atoms with van der Waals surface area (Å²) in [5.41, 5.74) is 2.08. The lowest BCUT2D eigenvalue weighted by Gasteiger charge is -2.19. The van der Waals surface area contributed by atoms with E-state index in [9.17, 15) is 19.2 Å². The zero-order chi connectivity index (χ0) is 24.4. The summed E-state index contributed by atoms with van der Waals surface area (Å²) in [6.45, 7) is 7.72. The molecule has 0 bridgehead atoms. The molecule has 0 spiro atoms. The zero-order valence-corrected chi connectivity index (χ0v) is 19.4.